The maximum Gasteiger partial charge on any atom is 0.0101 e. The third-order valence-electron chi connectivity index (χ3n) is 0.341. The van der Waals surface area contributed by atoms with Crippen LogP contribution in [0.25, 0.3) is 0 Å². The number of nitrogens with one attached hydrogen (secondary N) is 1. The summed E-state index contributed by atoms with van der Waals surface area (Å²) < 4.78 is 0. The molecule has 0 heterocycles. The van der Waals surface area contributed by atoms with Crippen LogP contribution >= 0.6 is 0 Å². The van der Waals surface area contributed by atoms with Crippen molar-refractivity contribution in [2.24, 2.45) is 11.7 Å². The van der Waals surface area contributed by atoms with Gasteiger partial charge >= 0.3 is 0 Å². The molecule has 0 aromatic heterocycles. The molecule has 0 aliphatic heterocycles. The van der Waals surface area contributed by atoms with Crippen molar-refractivity contribution >= 4 is 0 Å². The molecule has 38 valence electrons. The molecule has 0 aromatic rings. The lowest BCUT2D eigenvalue weighted by Gasteiger charge is -2.06. The Kier molecular flexibility index (Phi) is 2.97. The molecule has 0 atom stereocenters. The maximum atomic E-state index is 4.90. The smallest absolute Gasteiger partial charge is 0.0101 e. The Morgan fingerprint density at radius 1 is 1.67 bits per heavy atom. The Labute approximate surface area is 37.0 Å². The maximum absolute atomic E-state index is 4.90. The first-order valence-electron chi connectivity index (χ1n) is 1.80. The molecule has 0 saturated carbocycles. The second-order valence-corrected chi connectivity index (χ2v) is 0.919. The molecule has 0 aliphatic carbocycles. The molecule has 0 saturated heterocycles. The van der Waals surface area contributed by atoms with Crippen LogP contribution in [0.5, 0.6) is 0 Å². The number of nitrogens with two attached hydrogens (primary N) is 2. The quantitative estimate of drug-likeness (QED) is 0.287. The van der Waals surface area contributed by atoms with Crippen molar-refractivity contribution in [3.63, 3.8) is 0 Å². The summed E-state index contributed by atoms with van der Waals surface area (Å²) in [6.45, 7) is 2.67. The van der Waals surface area contributed by atoms with Crippen molar-refractivity contribution in [1.29, 1.82) is 0 Å². The molecule has 5 N–H and O–H groups in total. The molecule has 0 amide bonds. The standard InChI is InChI=1S/C2H10N4/c1-2-5-6(3)4/h5H,2-4H2,1H3. The highest BCUT2D eigenvalue weighted by Crippen LogP contribution is 1.45. The zero-order chi connectivity index (χ0) is 4.99. The van der Waals surface area contributed by atoms with Crippen LogP contribution in [-0.2, 0) is 0 Å². The van der Waals surface area contributed by atoms with Gasteiger partial charge in [0.15, 0.2) is 0 Å². The normalized spacial score (nSPS) is 10.0. The summed E-state index contributed by atoms with van der Waals surface area (Å²) in [7, 11) is 0. The van der Waals surface area contributed by atoms with Crippen LogP contribution in [-0.4, -0.2) is 11.8 Å². The lowest BCUT2D eigenvalue weighted by atomic mass is 10.8. The highest BCUT2D eigenvalue weighted by Gasteiger charge is 1.76. The molecule has 4 nitrogen and oxygen atoms in total. The molecular formula is C2H10N4. The van der Waals surface area contributed by atoms with E-state index >= 15 is 0 Å². The lowest BCUT2D eigenvalue weighted by molar-refractivity contribution is 0.202. The molecule has 0 unspecified atom stereocenters. The summed E-state index contributed by atoms with van der Waals surface area (Å²) in [6, 6.07) is 0. The average molecular weight is 90.1 g/mol. The van der Waals surface area contributed by atoms with Gasteiger partial charge in [0.2, 0.25) is 0 Å². The molecule has 0 rings (SSSR count). The van der Waals surface area contributed by atoms with Crippen molar-refractivity contribution in [2.75, 3.05) is 6.54 Å². The van der Waals surface area contributed by atoms with Crippen LogP contribution in [0.3, 0.4) is 0 Å². The number of hydrogen-bond acceptors (Lipinski definition) is 4. The molecule has 0 aromatic carbocycles. The third-order valence-corrected chi connectivity index (χ3v) is 0.341. The SMILES string of the molecule is CCNN(N)N. The summed E-state index contributed by atoms with van der Waals surface area (Å²) in [5.74, 6) is 9.81. The number of nitrogens with zero attached hydrogens (tertiary/aromatic N) is 1. The van der Waals surface area contributed by atoms with Gasteiger partial charge in [-0.05, 0) is 0 Å². The van der Waals surface area contributed by atoms with Gasteiger partial charge in [-0.15, -0.1) is 5.23 Å². The lowest BCUT2D eigenvalue weighted by Crippen LogP contribution is -2.48. The summed E-state index contributed by atoms with van der Waals surface area (Å²) >= 11 is 0. The monoisotopic (exact) mass is 90.1 g/mol. The van der Waals surface area contributed by atoms with Crippen LogP contribution in [0.15, 0.2) is 0 Å². The Hall–Kier alpha value is -0.160. The van der Waals surface area contributed by atoms with Crippen molar-refractivity contribution in [1.82, 2.24) is 10.7 Å². The first-order chi connectivity index (χ1) is 2.77. The van der Waals surface area contributed by atoms with Crippen LogP contribution in [0.4, 0.5) is 0 Å². The van der Waals surface area contributed by atoms with Gasteiger partial charge in [-0.3, -0.25) is 0 Å². The Bertz CT molecular complexity index is 26.7. The van der Waals surface area contributed by atoms with E-state index in [2.05, 4.69) is 5.43 Å². The minimum absolute atomic E-state index is 0.757. The van der Waals surface area contributed by atoms with E-state index in [9.17, 15) is 0 Å². The van der Waals surface area contributed by atoms with Gasteiger partial charge in [0.05, 0.1) is 0 Å². The van der Waals surface area contributed by atoms with E-state index in [0.29, 0.717) is 0 Å². The molecule has 0 bridgehead atoms. The van der Waals surface area contributed by atoms with Gasteiger partial charge in [0.25, 0.3) is 0 Å². The van der Waals surface area contributed by atoms with Gasteiger partial charge < -0.3 is 0 Å². The van der Waals surface area contributed by atoms with E-state index in [-0.39, 0.29) is 0 Å². The Morgan fingerprint density at radius 2 is 2.17 bits per heavy atom. The molecule has 0 fully saturated rings. The zero-order valence-corrected chi connectivity index (χ0v) is 3.81. The Balaban J connectivity index is 2.63. The van der Waals surface area contributed by atoms with Gasteiger partial charge in [0.1, 0.15) is 0 Å². The van der Waals surface area contributed by atoms with E-state index in [4.69, 9.17) is 11.7 Å². The first kappa shape index (κ1) is 5.84. The average Bonchev–Trinajstić information content (AvgIpc) is 1.35. The van der Waals surface area contributed by atoms with Crippen LogP contribution in [0.1, 0.15) is 6.92 Å². The van der Waals surface area contributed by atoms with Crippen molar-refractivity contribution in [2.45, 2.75) is 6.92 Å². The molecule has 0 aliphatic rings. The van der Waals surface area contributed by atoms with E-state index in [1.54, 1.807) is 0 Å². The van der Waals surface area contributed by atoms with Crippen LogP contribution in [0, 0.1) is 0 Å². The van der Waals surface area contributed by atoms with Gasteiger partial charge in [-0.25, -0.2) is 17.1 Å². The predicted octanol–water partition coefficient (Wildman–Crippen LogP) is -1.44. The minimum atomic E-state index is 0.757. The van der Waals surface area contributed by atoms with E-state index < -0.39 is 0 Å². The van der Waals surface area contributed by atoms with Gasteiger partial charge in [-0.2, -0.15) is 0 Å². The molecule has 0 radical (unpaired) electrons. The fourth-order valence-electron chi connectivity index (χ4n) is 0.183. The predicted molar refractivity (Wildman–Crippen MR) is 23.9 cm³/mol. The van der Waals surface area contributed by atoms with Crippen molar-refractivity contribution in [3.8, 4) is 0 Å². The van der Waals surface area contributed by atoms with Crippen molar-refractivity contribution in [3.05, 3.63) is 0 Å². The summed E-state index contributed by atoms with van der Waals surface area (Å²) in [5.41, 5.74) is 2.60. The van der Waals surface area contributed by atoms with E-state index in [1.165, 1.54) is 0 Å². The summed E-state index contributed by atoms with van der Waals surface area (Å²) in [4.78, 5) is 0. The Morgan fingerprint density at radius 3 is 2.17 bits per heavy atom. The number of hydrogen-bond donors (Lipinski definition) is 3. The minimum Gasteiger partial charge on any atom is -0.241 e. The topological polar surface area (TPSA) is 67.3 Å². The molecule has 4 heteroatoms. The fraction of sp³-hybridized carbons (Fsp3) is 1.00. The van der Waals surface area contributed by atoms with Crippen LogP contribution < -0.4 is 17.1 Å². The van der Waals surface area contributed by atoms with E-state index in [0.717, 1.165) is 11.8 Å². The zero-order valence-electron chi connectivity index (χ0n) is 3.81. The van der Waals surface area contributed by atoms with Crippen LogP contribution in [0.2, 0.25) is 0 Å². The second-order valence-electron chi connectivity index (χ2n) is 0.919. The van der Waals surface area contributed by atoms with Gasteiger partial charge in [0, 0.05) is 6.54 Å². The first-order valence-corrected chi connectivity index (χ1v) is 1.80. The fourth-order valence-corrected chi connectivity index (χ4v) is 0.183. The molecule has 0 spiro atoms. The number of rotatable bonds is 2. The molecule has 6 heavy (non-hydrogen) atoms. The van der Waals surface area contributed by atoms with Crippen molar-refractivity contribution < 1.29 is 0 Å². The summed E-state index contributed by atoms with van der Waals surface area (Å²) in [6.07, 6.45) is 0. The summed E-state index contributed by atoms with van der Waals surface area (Å²) in [5, 5.41) is 0.931. The highest BCUT2D eigenvalue weighted by molar-refractivity contribution is 4.17. The molecular weight excluding hydrogens is 80.0 g/mol. The van der Waals surface area contributed by atoms with Gasteiger partial charge in [-0.1, -0.05) is 6.92 Å². The second kappa shape index (κ2) is 3.05. The largest absolute Gasteiger partial charge is 0.241 e. The third kappa shape index (κ3) is 3.84. The van der Waals surface area contributed by atoms with E-state index in [1.807, 2.05) is 6.92 Å². The number of hydrazine groups is 3. The highest BCUT2D eigenvalue weighted by atomic mass is 15.8.